The minimum absolute atomic E-state index is 0.163. The molecule has 2 atom stereocenters. The molecule has 1 fully saturated rings. The van der Waals surface area contributed by atoms with Crippen LogP contribution in [-0.2, 0) is 20.8 Å². The molecule has 112 valence electrons. The second-order valence-corrected chi connectivity index (χ2v) is 5.39. The summed E-state index contributed by atoms with van der Waals surface area (Å²) in [7, 11) is 0. The number of nitrogens with two attached hydrogens (primary N) is 1. The van der Waals surface area contributed by atoms with Crippen molar-refractivity contribution in [3.8, 4) is 0 Å². The number of primary amides is 1. The van der Waals surface area contributed by atoms with E-state index in [2.05, 4.69) is 10.6 Å². The molecule has 1 heterocycles. The van der Waals surface area contributed by atoms with Gasteiger partial charge in [0.1, 0.15) is 12.1 Å². The minimum atomic E-state index is -0.823. The number of carbonyl (C=O) groups excluding carboxylic acids is 3. The molecule has 1 aromatic carbocycles. The van der Waals surface area contributed by atoms with Crippen LogP contribution >= 0.6 is 11.6 Å². The molecule has 1 aromatic rings. The van der Waals surface area contributed by atoms with Gasteiger partial charge in [-0.2, -0.15) is 0 Å². The van der Waals surface area contributed by atoms with Gasteiger partial charge in [-0.1, -0.05) is 23.7 Å². The fourth-order valence-corrected chi connectivity index (χ4v) is 2.29. The third-order valence-electron chi connectivity index (χ3n) is 3.32. The van der Waals surface area contributed by atoms with Crippen molar-refractivity contribution < 1.29 is 14.4 Å². The Morgan fingerprint density at radius 2 is 2.05 bits per heavy atom. The lowest BCUT2D eigenvalue weighted by Gasteiger charge is -2.18. The Balaban J connectivity index is 1.99. The van der Waals surface area contributed by atoms with Crippen LogP contribution in [0.3, 0.4) is 0 Å². The van der Waals surface area contributed by atoms with Crippen LogP contribution in [0.1, 0.15) is 18.4 Å². The molecule has 3 amide bonds. The molecule has 21 heavy (non-hydrogen) atoms. The van der Waals surface area contributed by atoms with Gasteiger partial charge in [0.2, 0.25) is 17.7 Å². The van der Waals surface area contributed by atoms with Gasteiger partial charge >= 0.3 is 0 Å². The molecule has 0 radical (unpaired) electrons. The topological polar surface area (TPSA) is 101 Å². The average Bonchev–Trinajstić information content (AvgIpc) is 2.87. The van der Waals surface area contributed by atoms with Crippen LogP contribution in [0.4, 0.5) is 0 Å². The van der Waals surface area contributed by atoms with Gasteiger partial charge in [-0.15, -0.1) is 0 Å². The zero-order valence-corrected chi connectivity index (χ0v) is 12.0. The van der Waals surface area contributed by atoms with Crippen LogP contribution in [0.5, 0.6) is 0 Å². The Labute approximate surface area is 127 Å². The molecular formula is C14H16ClN3O3. The molecule has 1 saturated heterocycles. The number of hydrogen-bond donors (Lipinski definition) is 3. The summed E-state index contributed by atoms with van der Waals surface area (Å²) >= 11 is 5.79. The SMILES string of the molecule is NC(=O)[C@@H](Cc1ccc(Cl)cc1)NC(=O)[C@@H]1CCC(=O)N1. The Morgan fingerprint density at radius 1 is 1.38 bits per heavy atom. The van der Waals surface area contributed by atoms with Gasteiger partial charge in [0.15, 0.2) is 0 Å². The average molecular weight is 310 g/mol. The first-order valence-corrected chi connectivity index (χ1v) is 6.97. The molecule has 0 unspecified atom stereocenters. The van der Waals surface area contributed by atoms with Crippen LogP contribution in [0.2, 0.25) is 5.02 Å². The summed E-state index contributed by atoms with van der Waals surface area (Å²) in [6, 6.07) is 5.52. The van der Waals surface area contributed by atoms with Crippen LogP contribution < -0.4 is 16.4 Å². The van der Waals surface area contributed by atoms with Crippen LogP contribution in [0.15, 0.2) is 24.3 Å². The summed E-state index contributed by atoms with van der Waals surface area (Å²) in [5, 5.41) is 5.72. The van der Waals surface area contributed by atoms with E-state index in [4.69, 9.17) is 17.3 Å². The normalized spacial score (nSPS) is 18.9. The van der Waals surface area contributed by atoms with Crippen molar-refractivity contribution in [1.29, 1.82) is 0 Å². The van der Waals surface area contributed by atoms with Crippen molar-refractivity contribution >= 4 is 29.3 Å². The molecule has 0 aliphatic carbocycles. The van der Waals surface area contributed by atoms with Gasteiger partial charge < -0.3 is 16.4 Å². The summed E-state index contributed by atoms with van der Waals surface area (Å²) < 4.78 is 0. The van der Waals surface area contributed by atoms with Crippen molar-refractivity contribution in [3.63, 3.8) is 0 Å². The fourth-order valence-electron chi connectivity index (χ4n) is 2.16. The Kier molecular flexibility index (Phi) is 4.80. The van der Waals surface area contributed by atoms with E-state index in [0.29, 0.717) is 17.9 Å². The molecule has 2 rings (SSSR count). The lowest BCUT2D eigenvalue weighted by Crippen LogP contribution is -2.51. The molecule has 1 aliphatic rings. The van der Waals surface area contributed by atoms with E-state index >= 15 is 0 Å². The van der Waals surface area contributed by atoms with Crippen molar-refractivity contribution in [2.24, 2.45) is 5.73 Å². The summed E-state index contributed by atoms with van der Waals surface area (Å²) in [5.74, 6) is -1.18. The van der Waals surface area contributed by atoms with Gasteiger partial charge in [0, 0.05) is 17.9 Å². The third kappa shape index (κ3) is 4.19. The largest absolute Gasteiger partial charge is 0.368 e. The van der Waals surface area contributed by atoms with Crippen LogP contribution in [-0.4, -0.2) is 29.8 Å². The lowest BCUT2D eigenvalue weighted by atomic mass is 10.0. The predicted molar refractivity (Wildman–Crippen MR) is 77.4 cm³/mol. The smallest absolute Gasteiger partial charge is 0.243 e. The highest BCUT2D eigenvalue weighted by Crippen LogP contribution is 2.12. The minimum Gasteiger partial charge on any atom is -0.368 e. The molecule has 7 heteroatoms. The molecule has 6 nitrogen and oxygen atoms in total. The molecule has 0 aromatic heterocycles. The van der Waals surface area contributed by atoms with Gasteiger partial charge in [0.25, 0.3) is 0 Å². The Hall–Kier alpha value is -2.08. The van der Waals surface area contributed by atoms with Crippen molar-refractivity contribution in [2.45, 2.75) is 31.3 Å². The summed E-state index contributed by atoms with van der Waals surface area (Å²) in [4.78, 5) is 34.6. The first-order valence-electron chi connectivity index (χ1n) is 6.59. The molecule has 0 bridgehead atoms. The second-order valence-electron chi connectivity index (χ2n) is 4.95. The van der Waals surface area contributed by atoms with Crippen molar-refractivity contribution in [3.05, 3.63) is 34.9 Å². The van der Waals surface area contributed by atoms with E-state index in [1.54, 1.807) is 24.3 Å². The van der Waals surface area contributed by atoms with Gasteiger partial charge in [-0.25, -0.2) is 0 Å². The third-order valence-corrected chi connectivity index (χ3v) is 3.58. The summed E-state index contributed by atoms with van der Waals surface area (Å²) in [5.41, 5.74) is 6.15. The molecule has 4 N–H and O–H groups in total. The lowest BCUT2D eigenvalue weighted by molar-refractivity contribution is -0.129. The number of amides is 3. The van der Waals surface area contributed by atoms with Crippen molar-refractivity contribution in [1.82, 2.24) is 10.6 Å². The van der Waals surface area contributed by atoms with E-state index in [9.17, 15) is 14.4 Å². The predicted octanol–water partition coefficient (Wildman–Crippen LogP) is 0.131. The van der Waals surface area contributed by atoms with Crippen LogP contribution in [0.25, 0.3) is 0 Å². The zero-order chi connectivity index (χ0) is 15.4. The zero-order valence-electron chi connectivity index (χ0n) is 11.3. The van der Waals surface area contributed by atoms with Crippen molar-refractivity contribution in [2.75, 3.05) is 0 Å². The van der Waals surface area contributed by atoms with E-state index in [-0.39, 0.29) is 12.3 Å². The summed E-state index contributed by atoms with van der Waals surface area (Å²) in [6.07, 6.45) is 1.02. The standard InChI is InChI=1S/C14H16ClN3O3/c15-9-3-1-8(2-4-9)7-11(13(16)20)18-14(21)10-5-6-12(19)17-10/h1-4,10-11H,5-7H2,(H2,16,20)(H,17,19)(H,18,21)/t10-,11+/m0/s1. The molecule has 0 spiro atoms. The number of hydrogen-bond acceptors (Lipinski definition) is 3. The number of benzene rings is 1. The maximum atomic E-state index is 12.0. The van der Waals surface area contributed by atoms with Gasteiger partial charge in [-0.3, -0.25) is 14.4 Å². The maximum Gasteiger partial charge on any atom is 0.243 e. The molecular weight excluding hydrogens is 294 g/mol. The summed E-state index contributed by atoms with van der Waals surface area (Å²) in [6.45, 7) is 0. The number of rotatable bonds is 5. The number of halogens is 1. The second kappa shape index (κ2) is 6.58. The van der Waals surface area contributed by atoms with E-state index in [1.165, 1.54) is 0 Å². The monoisotopic (exact) mass is 309 g/mol. The first kappa shape index (κ1) is 15.3. The molecule has 1 aliphatic heterocycles. The highest BCUT2D eigenvalue weighted by atomic mass is 35.5. The quantitative estimate of drug-likeness (QED) is 0.720. The van der Waals surface area contributed by atoms with E-state index < -0.39 is 23.9 Å². The highest BCUT2D eigenvalue weighted by molar-refractivity contribution is 6.30. The van der Waals surface area contributed by atoms with E-state index in [1.807, 2.05) is 0 Å². The van der Waals surface area contributed by atoms with E-state index in [0.717, 1.165) is 5.56 Å². The molecule has 0 saturated carbocycles. The fraction of sp³-hybridized carbons (Fsp3) is 0.357. The number of carbonyl (C=O) groups is 3. The Morgan fingerprint density at radius 3 is 2.57 bits per heavy atom. The van der Waals surface area contributed by atoms with Gasteiger partial charge in [0.05, 0.1) is 0 Å². The van der Waals surface area contributed by atoms with Gasteiger partial charge in [-0.05, 0) is 24.1 Å². The first-order chi connectivity index (χ1) is 9.95. The Bertz CT molecular complexity index is 559. The number of nitrogens with one attached hydrogen (secondary N) is 2. The van der Waals surface area contributed by atoms with Crippen LogP contribution in [0, 0.1) is 0 Å². The highest BCUT2D eigenvalue weighted by Gasteiger charge is 2.29. The maximum absolute atomic E-state index is 12.0.